The first-order valence-electron chi connectivity index (χ1n) is 14.5. The predicted octanol–water partition coefficient (Wildman–Crippen LogP) is 4.17. The van der Waals surface area contributed by atoms with E-state index in [4.69, 9.17) is 0 Å². The first-order chi connectivity index (χ1) is 21.3. The number of likely N-dealkylation sites (N-methyl/N-ethyl adjacent to an activating group) is 1. The lowest BCUT2D eigenvalue weighted by atomic mass is 10.1. The summed E-state index contributed by atoms with van der Waals surface area (Å²) >= 11 is 0. The molecule has 3 N–H and O–H groups in total. The maximum atomic E-state index is 12.3. The molecule has 0 bridgehead atoms. The molecule has 1 atom stereocenters. The number of nitrogens with one attached hydrogen (secondary N) is 3. The summed E-state index contributed by atoms with van der Waals surface area (Å²) in [4.78, 5) is 35.8. The van der Waals surface area contributed by atoms with Crippen molar-refractivity contribution < 1.29 is 23.1 Å². The van der Waals surface area contributed by atoms with E-state index in [1.807, 2.05) is 22.3 Å². The topological polar surface area (TPSA) is 116 Å². The summed E-state index contributed by atoms with van der Waals surface area (Å²) in [6.45, 7) is 4.60. The third kappa shape index (κ3) is 7.66. The zero-order valence-electron chi connectivity index (χ0n) is 24.7. The number of nitrogens with zero attached hydrogens (tertiary/aromatic N) is 5. The monoisotopic (exact) mass is 606 g/mol. The van der Waals surface area contributed by atoms with Gasteiger partial charge in [0.05, 0.1) is 11.9 Å². The van der Waals surface area contributed by atoms with Crippen molar-refractivity contribution in [1.82, 2.24) is 34.8 Å². The third-order valence-corrected chi connectivity index (χ3v) is 7.64. The molecular formula is C31H36F2N8O3. The number of amides is 2. The summed E-state index contributed by atoms with van der Waals surface area (Å²) in [7, 11) is 2.09. The van der Waals surface area contributed by atoms with Gasteiger partial charge in [-0.05, 0) is 75.0 Å². The highest BCUT2D eigenvalue weighted by Crippen LogP contribution is 2.27. The Kier molecular flexibility index (Phi) is 9.97. The molecule has 0 aliphatic carbocycles. The molecular weight excluding hydrogens is 570 g/mol. The number of halogens is 2. The van der Waals surface area contributed by atoms with Crippen LogP contribution in [0.1, 0.15) is 22.3 Å². The van der Waals surface area contributed by atoms with E-state index in [9.17, 15) is 18.4 Å². The maximum absolute atomic E-state index is 12.3. The summed E-state index contributed by atoms with van der Waals surface area (Å²) in [6, 6.07) is 12.2. The quantitative estimate of drug-likeness (QED) is 0.269. The Morgan fingerprint density at radius 2 is 1.89 bits per heavy atom. The first kappa shape index (κ1) is 30.8. The van der Waals surface area contributed by atoms with Crippen molar-refractivity contribution in [2.75, 3.05) is 51.6 Å². The van der Waals surface area contributed by atoms with Crippen molar-refractivity contribution in [1.29, 1.82) is 0 Å². The SMILES string of the molecule is CN1CCN(C(=O)N[C@H]2CCNC2)CC1.Cc1cc(Nc2nccn3c(-c4ccc(OC(F)F)cc4)cnc23)ccc1C=O. The number of piperazine rings is 1. The van der Waals surface area contributed by atoms with Crippen LogP contribution in [0.4, 0.5) is 25.1 Å². The fourth-order valence-corrected chi connectivity index (χ4v) is 5.10. The first-order valence-corrected chi connectivity index (χ1v) is 14.5. The minimum Gasteiger partial charge on any atom is -0.435 e. The van der Waals surface area contributed by atoms with Crippen molar-refractivity contribution in [3.63, 3.8) is 0 Å². The summed E-state index contributed by atoms with van der Waals surface area (Å²) in [5.74, 6) is 0.644. The molecule has 2 aromatic heterocycles. The number of carbonyl (C=O) groups excluding carboxylic acids is 2. The van der Waals surface area contributed by atoms with Gasteiger partial charge in [0.2, 0.25) is 0 Å². The molecule has 0 unspecified atom stereocenters. The van der Waals surface area contributed by atoms with Crippen LogP contribution in [-0.2, 0) is 0 Å². The zero-order chi connectivity index (χ0) is 31.1. The Labute approximate surface area is 254 Å². The number of aryl methyl sites for hydroxylation is 1. The number of hydrogen-bond acceptors (Lipinski definition) is 8. The van der Waals surface area contributed by atoms with Gasteiger partial charge in [-0.2, -0.15) is 8.78 Å². The van der Waals surface area contributed by atoms with Crippen LogP contribution < -0.4 is 20.7 Å². The zero-order valence-corrected chi connectivity index (χ0v) is 24.7. The highest BCUT2D eigenvalue weighted by molar-refractivity contribution is 5.80. The van der Waals surface area contributed by atoms with E-state index in [0.717, 1.165) is 74.5 Å². The number of ether oxygens (including phenoxy) is 1. The number of imidazole rings is 1. The van der Waals surface area contributed by atoms with Crippen LogP contribution in [0.5, 0.6) is 5.75 Å². The fraction of sp³-hybridized carbons (Fsp3) is 0.355. The van der Waals surface area contributed by atoms with Gasteiger partial charge >= 0.3 is 12.6 Å². The molecule has 2 aliphatic heterocycles. The van der Waals surface area contributed by atoms with E-state index >= 15 is 0 Å². The van der Waals surface area contributed by atoms with Crippen LogP contribution in [-0.4, -0.2) is 95.5 Å². The number of alkyl halides is 2. The average molecular weight is 607 g/mol. The largest absolute Gasteiger partial charge is 0.435 e. The molecule has 0 spiro atoms. The van der Waals surface area contributed by atoms with Gasteiger partial charge in [-0.3, -0.25) is 9.20 Å². The average Bonchev–Trinajstić information content (AvgIpc) is 3.69. The van der Waals surface area contributed by atoms with E-state index in [2.05, 4.69) is 42.6 Å². The van der Waals surface area contributed by atoms with Gasteiger partial charge < -0.3 is 30.5 Å². The molecule has 44 heavy (non-hydrogen) atoms. The van der Waals surface area contributed by atoms with Crippen LogP contribution in [0.15, 0.2) is 61.1 Å². The van der Waals surface area contributed by atoms with Gasteiger partial charge in [0.1, 0.15) is 12.0 Å². The van der Waals surface area contributed by atoms with E-state index in [0.29, 0.717) is 23.1 Å². The molecule has 232 valence electrons. The number of benzene rings is 2. The van der Waals surface area contributed by atoms with Gasteiger partial charge in [-0.1, -0.05) is 0 Å². The number of carbonyl (C=O) groups is 2. The summed E-state index contributed by atoms with van der Waals surface area (Å²) in [5.41, 5.74) is 4.44. The molecule has 4 aromatic rings. The van der Waals surface area contributed by atoms with Crippen molar-refractivity contribution in [3.8, 4) is 17.0 Å². The summed E-state index contributed by atoms with van der Waals surface area (Å²) < 4.78 is 30.9. The van der Waals surface area contributed by atoms with E-state index in [1.54, 1.807) is 42.9 Å². The van der Waals surface area contributed by atoms with Crippen LogP contribution in [0, 0.1) is 6.92 Å². The number of hydrogen-bond donors (Lipinski definition) is 3. The second kappa shape index (κ2) is 14.2. The minimum atomic E-state index is -2.86. The van der Waals surface area contributed by atoms with Crippen LogP contribution in [0.25, 0.3) is 16.9 Å². The molecule has 2 saturated heterocycles. The Bertz CT molecular complexity index is 1570. The molecule has 4 heterocycles. The summed E-state index contributed by atoms with van der Waals surface area (Å²) in [5, 5.41) is 9.54. The Morgan fingerprint density at radius 1 is 1.11 bits per heavy atom. The van der Waals surface area contributed by atoms with Crippen molar-refractivity contribution in [2.45, 2.75) is 26.0 Å². The molecule has 2 aromatic carbocycles. The molecule has 2 aliphatic rings. The van der Waals surface area contributed by atoms with Crippen LogP contribution in [0.3, 0.4) is 0 Å². The van der Waals surface area contributed by atoms with E-state index in [-0.39, 0.29) is 11.8 Å². The standard InChI is InChI=1S/C21H16F2N4O2.C10H20N4O/c1-13-10-16(5-2-15(13)12-28)26-19-20-25-11-18(27(20)9-8-24-19)14-3-6-17(7-4-14)29-21(22)23;1-13-4-6-14(7-5-13)10(15)12-9-2-3-11-8-9/h2-12,21H,1H3,(H,24,26);9,11H,2-8H2,1H3,(H,12,15)/t;9-/m.0/s1. The van der Waals surface area contributed by atoms with Gasteiger partial charge in [0.25, 0.3) is 0 Å². The smallest absolute Gasteiger partial charge is 0.387 e. The fourth-order valence-electron chi connectivity index (χ4n) is 5.10. The van der Waals surface area contributed by atoms with Crippen LogP contribution >= 0.6 is 0 Å². The molecule has 13 heteroatoms. The van der Waals surface area contributed by atoms with E-state index < -0.39 is 6.61 Å². The highest BCUT2D eigenvalue weighted by atomic mass is 19.3. The lowest BCUT2D eigenvalue weighted by Gasteiger charge is -2.33. The number of fused-ring (bicyclic) bond motifs is 1. The molecule has 6 rings (SSSR count). The van der Waals surface area contributed by atoms with Gasteiger partial charge in [-0.25, -0.2) is 14.8 Å². The van der Waals surface area contributed by atoms with Crippen molar-refractivity contribution >= 4 is 29.5 Å². The van der Waals surface area contributed by atoms with E-state index in [1.165, 1.54) is 12.1 Å². The highest BCUT2D eigenvalue weighted by Gasteiger charge is 2.23. The number of aldehydes is 1. The minimum absolute atomic E-state index is 0.0933. The lowest BCUT2D eigenvalue weighted by Crippen LogP contribution is -2.52. The normalized spacial score (nSPS) is 16.8. The number of anilines is 2. The molecule has 0 saturated carbocycles. The van der Waals surface area contributed by atoms with Crippen molar-refractivity contribution in [2.24, 2.45) is 0 Å². The predicted molar refractivity (Wildman–Crippen MR) is 164 cm³/mol. The second-order valence-corrected chi connectivity index (χ2v) is 10.8. The Hall–Kier alpha value is -4.62. The molecule has 2 fully saturated rings. The maximum Gasteiger partial charge on any atom is 0.387 e. The molecule has 11 nitrogen and oxygen atoms in total. The number of rotatable bonds is 7. The number of urea groups is 1. The molecule has 2 amide bonds. The van der Waals surface area contributed by atoms with Crippen molar-refractivity contribution in [3.05, 3.63) is 72.2 Å². The summed E-state index contributed by atoms with van der Waals surface area (Å²) in [6.07, 6.45) is 6.97. The second-order valence-electron chi connectivity index (χ2n) is 10.8. The molecule has 0 radical (unpaired) electrons. The Balaban J connectivity index is 0.000000215. The van der Waals surface area contributed by atoms with Gasteiger partial charge in [0, 0.05) is 68.0 Å². The Morgan fingerprint density at radius 3 is 2.55 bits per heavy atom. The van der Waals surface area contributed by atoms with Gasteiger partial charge in [0.15, 0.2) is 11.5 Å². The lowest BCUT2D eigenvalue weighted by molar-refractivity contribution is -0.0498. The third-order valence-electron chi connectivity index (χ3n) is 7.64. The number of aromatic nitrogens is 3. The van der Waals surface area contributed by atoms with Gasteiger partial charge in [-0.15, -0.1) is 0 Å². The van der Waals surface area contributed by atoms with Crippen LogP contribution in [0.2, 0.25) is 0 Å².